The lowest BCUT2D eigenvalue weighted by atomic mass is 10.1. The highest BCUT2D eigenvalue weighted by atomic mass is 16.5. The number of anilines is 2. The van der Waals surface area contributed by atoms with Gasteiger partial charge in [-0.05, 0) is 65.4 Å². The van der Waals surface area contributed by atoms with E-state index < -0.39 is 0 Å². The molecule has 32 heavy (non-hydrogen) atoms. The molecule has 1 heterocycles. The van der Waals surface area contributed by atoms with Gasteiger partial charge < -0.3 is 15.4 Å². The van der Waals surface area contributed by atoms with Crippen molar-refractivity contribution >= 4 is 23.2 Å². The Hall–Kier alpha value is -4.53. The van der Waals surface area contributed by atoms with E-state index in [2.05, 4.69) is 26.2 Å². The van der Waals surface area contributed by atoms with E-state index in [9.17, 15) is 9.59 Å². The third kappa shape index (κ3) is 4.46. The molecule has 0 radical (unpaired) electrons. The maximum Gasteiger partial charge on any atom is 0.257 e. The summed E-state index contributed by atoms with van der Waals surface area (Å²) in [4.78, 5) is 25.7. The van der Waals surface area contributed by atoms with Gasteiger partial charge in [0, 0.05) is 17.3 Å². The van der Waals surface area contributed by atoms with Crippen molar-refractivity contribution < 1.29 is 14.3 Å². The van der Waals surface area contributed by atoms with Crippen LogP contribution in [0, 0.1) is 6.92 Å². The number of nitrogens with one attached hydrogen (secondary N) is 2. The normalized spacial score (nSPS) is 10.4. The number of para-hydroxylation sites is 1. The predicted molar refractivity (Wildman–Crippen MR) is 119 cm³/mol. The van der Waals surface area contributed by atoms with Crippen LogP contribution in [0.4, 0.5) is 11.4 Å². The van der Waals surface area contributed by atoms with Crippen molar-refractivity contribution in [3.8, 4) is 11.4 Å². The van der Waals surface area contributed by atoms with Gasteiger partial charge in [-0.15, -0.1) is 5.10 Å². The summed E-state index contributed by atoms with van der Waals surface area (Å²) in [5.41, 5.74) is 3.37. The Morgan fingerprint density at radius 2 is 1.78 bits per heavy atom. The van der Waals surface area contributed by atoms with Gasteiger partial charge in [0.25, 0.3) is 11.8 Å². The lowest BCUT2D eigenvalue weighted by Gasteiger charge is -2.13. The van der Waals surface area contributed by atoms with Crippen LogP contribution in [-0.2, 0) is 0 Å². The number of nitrogens with zero attached hydrogens (tertiary/aromatic N) is 4. The van der Waals surface area contributed by atoms with Gasteiger partial charge in [0.15, 0.2) is 0 Å². The van der Waals surface area contributed by atoms with E-state index in [0.717, 1.165) is 11.3 Å². The van der Waals surface area contributed by atoms with Crippen molar-refractivity contribution in [3.63, 3.8) is 0 Å². The zero-order chi connectivity index (χ0) is 22.5. The van der Waals surface area contributed by atoms with E-state index in [1.165, 1.54) is 11.0 Å². The molecule has 0 saturated heterocycles. The average molecular weight is 428 g/mol. The number of aryl methyl sites for hydroxylation is 1. The first kappa shape index (κ1) is 20.7. The summed E-state index contributed by atoms with van der Waals surface area (Å²) in [7, 11) is 1.56. The highest BCUT2D eigenvalue weighted by Gasteiger charge is 2.15. The topological polar surface area (TPSA) is 111 Å². The first-order chi connectivity index (χ1) is 15.5. The average Bonchev–Trinajstić information content (AvgIpc) is 3.34. The first-order valence-electron chi connectivity index (χ1n) is 9.75. The number of carbonyl (C=O) groups excluding carboxylic acids is 2. The van der Waals surface area contributed by atoms with Gasteiger partial charge in [0.2, 0.25) is 0 Å². The summed E-state index contributed by atoms with van der Waals surface area (Å²) < 4.78 is 6.71. The molecule has 0 spiro atoms. The van der Waals surface area contributed by atoms with Gasteiger partial charge in [0.1, 0.15) is 12.1 Å². The summed E-state index contributed by atoms with van der Waals surface area (Å²) in [6.45, 7) is 1.86. The highest BCUT2D eigenvalue weighted by Crippen LogP contribution is 2.22. The minimum atomic E-state index is -0.348. The van der Waals surface area contributed by atoms with E-state index in [0.29, 0.717) is 28.3 Å². The summed E-state index contributed by atoms with van der Waals surface area (Å²) in [5.74, 6) is -0.0535. The second kappa shape index (κ2) is 9.09. The van der Waals surface area contributed by atoms with Crippen molar-refractivity contribution in [3.05, 3.63) is 89.7 Å². The Balaban J connectivity index is 1.53. The fraction of sp³-hybridized carbons (Fsp3) is 0.0870. The van der Waals surface area contributed by atoms with Crippen LogP contribution in [0.25, 0.3) is 5.69 Å². The molecule has 0 aliphatic rings. The second-order valence-corrected chi connectivity index (χ2v) is 6.94. The maximum absolute atomic E-state index is 12.9. The highest BCUT2D eigenvalue weighted by molar-refractivity contribution is 6.12. The molecule has 4 rings (SSSR count). The van der Waals surface area contributed by atoms with Crippen molar-refractivity contribution in [1.82, 2.24) is 20.2 Å². The molecule has 0 aliphatic carbocycles. The molecule has 2 amide bonds. The quantitative estimate of drug-likeness (QED) is 0.486. The molecule has 3 aromatic carbocycles. The molecule has 2 N–H and O–H groups in total. The minimum absolute atomic E-state index is 0.335. The van der Waals surface area contributed by atoms with Crippen molar-refractivity contribution in [2.24, 2.45) is 0 Å². The van der Waals surface area contributed by atoms with Gasteiger partial charge in [-0.25, -0.2) is 4.68 Å². The molecule has 160 valence electrons. The van der Waals surface area contributed by atoms with Crippen molar-refractivity contribution in [1.29, 1.82) is 0 Å². The summed E-state index contributed by atoms with van der Waals surface area (Å²) in [5, 5.41) is 16.8. The van der Waals surface area contributed by atoms with Crippen LogP contribution in [-0.4, -0.2) is 39.1 Å². The number of hydrogen-bond acceptors (Lipinski definition) is 6. The molecule has 1 aromatic heterocycles. The van der Waals surface area contributed by atoms with E-state index in [1.54, 1.807) is 73.8 Å². The molecule has 9 nitrogen and oxygen atoms in total. The van der Waals surface area contributed by atoms with Crippen LogP contribution in [0.5, 0.6) is 5.75 Å². The molecule has 0 bridgehead atoms. The number of rotatable bonds is 6. The molecule has 0 unspecified atom stereocenters. The Labute approximate surface area is 184 Å². The Morgan fingerprint density at radius 3 is 2.53 bits per heavy atom. The molecule has 0 atom stereocenters. The number of aromatic nitrogens is 4. The third-order valence-corrected chi connectivity index (χ3v) is 4.80. The standard InChI is InChI=1S/C23H20N6O3/c1-15-12-16(10-11-21(15)29-14-24-27-28-29)22(30)26-20-9-4-3-8-19(20)23(31)25-17-6-5-7-18(13-17)32-2/h3-14H,1-2H3,(H,25,31)(H,26,30). The monoisotopic (exact) mass is 428 g/mol. The van der Waals surface area contributed by atoms with E-state index in [4.69, 9.17) is 4.74 Å². The molecule has 9 heteroatoms. The number of amides is 2. The molecular formula is C23H20N6O3. The van der Waals surface area contributed by atoms with Crippen molar-refractivity contribution in [2.45, 2.75) is 6.92 Å². The van der Waals surface area contributed by atoms with Gasteiger partial charge in [-0.1, -0.05) is 18.2 Å². The number of ether oxygens (including phenoxy) is 1. The Morgan fingerprint density at radius 1 is 0.938 bits per heavy atom. The van der Waals surface area contributed by atoms with Crippen LogP contribution < -0.4 is 15.4 Å². The van der Waals surface area contributed by atoms with E-state index in [-0.39, 0.29) is 11.8 Å². The molecule has 4 aromatic rings. The van der Waals surface area contributed by atoms with Crippen LogP contribution in [0.1, 0.15) is 26.3 Å². The molecule has 0 fully saturated rings. The predicted octanol–water partition coefficient (Wildman–Crippen LogP) is 3.48. The zero-order valence-corrected chi connectivity index (χ0v) is 17.4. The largest absolute Gasteiger partial charge is 0.497 e. The minimum Gasteiger partial charge on any atom is -0.497 e. The van der Waals surface area contributed by atoms with Crippen LogP contribution in [0.2, 0.25) is 0 Å². The maximum atomic E-state index is 12.9. The van der Waals surface area contributed by atoms with E-state index >= 15 is 0 Å². The smallest absolute Gasteiger partial charge is 0.257 e. The number of methoxy groups -OCH3 is 1. The summed E-state index contributed by atoms with van der Waals surface area (Å²) in [6.07, 6.45) is 1.49. The SMILES string of the molecule is COc1cccc(NC(=O)c2ccccc2NC(=O)c2ccc(-n3cnnn3)c(C)c2)c1. The first-order valence-corrected chi connectivity index (χ1v) is 9.75. The molecule has 0 aliphatic heterocycles. The number of hydrogen-bond donors (Lipinski definition) is 2. The fourth-order valence-electron chi connectivity index (χ4n) is 3.21. The Bertz CT molecular complexity index is 1270. The molecular weight excluding hydrogens is 408 g/mol. The zero-order valence-electron chi connectivity index (χ0n) is 17.4. The van der Waals surface area contributed by atoms with Gasteiger partial charge in [-0.3, -0.25) is 9.59 Å². The summed E-state index contributed by atoms with van der Waals surface area (Å²) >= 11 is 0. The lowest BCUT2D eigenvalue weighted by Crippen LogP contribution is -2.18. The van der Waals surface area contributed by atoms with Crippen LogP contribution in [0.3, 0.4) is 0 Å². The summed E-state index contributed by atoms with van der Waals surface area (Å²) in [6, 6.07) is 19.1. The Kier molecular flexibility index (Phi) is 5.89. The van der Waals surface area contributed by atoms with E-state index in [1.807, 2.05) is 6.92 Å². The third-order valence-electron chi connectivity index (χ3n) is 4.80. The number of carbonyl (C=O) groups is 2. The fourth-order valence-corrected chi connectivity index (χ4v) is 3.21. The van der Waals surface area contributed by atoms with Crippen LogP contribution in [0.15, 0.2) is 73.1 Å². The van der Waals surface area contributed by atoms with Gasteiger partial charge in [0.05, 0.1) is 24.0 Å². The van der Waals surface area contributed by atoms with Gasteiger partial charge in [-0.2, -0.15) is 0 Å². The molecule has 0 saturated carbocycles. The van der Waals surface area contributed by atoms with Crippen molar-refractivity contribution in [2.75, 3.05) is 17.7 Å². The second-order valence-electron chi connectivity index (χ2n) is 6.94. The number of tetrazole rings is 1. The lowest BCUT2D eigenvalue weighted by molar-refractivity contribution is 0.102. The number of benzene rings is 3. The van der Waals surface area contributed by atoms with Gasteiger partial charge >= 0.3 is 0 Å². The van der Waals surface area contributed by atoms with Crippen LogP contribution >= 0.6 is 0 Å².